The fraction of sp³-hybridized carbons (Fsp3) is 0.467. The molecular weight excluding hydrogens is 413 g/mol. The number of aromatic nitrogens is 2. The fourth-order valence-corrected chi connectivity index (χ4v) is 3.01. The van der Waals surface area contributed by atoms with Crippen molar-refractivity contribution >= 4 is 52.6 Å². The standard InChI is InChI=1S/C15H20ClN5.HI/c1-21-13-7-6-10(16)8-12(13)20-14(21)9-18-15(17)19-11-4-2-3-5-11;/h6-8,11H,2-5,9H2,1H3,(H3,17,18,19);1H. The highest BCUT2D eigenvalue weighted by atomic mass is 127. The van der Waals surface area contributed by atoms with Gasteiger partial charge in [0.2, 0.25) is 0 Å². The van der Waals surface area contributed by atoms with Crippen LogP contribution in [-0.4, -0.2) is 21.6 Å². The first-order chi connectivity index (χ1) is 10.1. The molecular formula is C15H21ClIN5. The summed E-state index contributed by atoms with van der Waals surface area (Å²) in [5.41, 5.74) is 7.89. The maximum atomic E-state index is 6.00. The number of hydrogen-bond donors (Lipinski definition) is 2. The van der Waals surface area contributed by atoms with E-state index in [-0.39, 0.29) is 24.0 Å². The second kappa shape index (κ2) is 7.50. The predicted octanol–water partition coefficient (Wildman–Crippen LogP) is 3.19. The summed E-state index contributed by atoms with van der Waals surface area (Å²) in [4.78, 5) is 8.97. The number of rotatable bonds is 3. The van der Waals surface area contributed by atoms with Crippen LogP contribution in [0.1, 0.15) is 31.5 Å². The zero-order valence-electron chi connectivity index (χ0n) is 12.6. The Hall–Kier alpha value is -1.02. The van der Waals surface area contributed by atoms with Crippen molar-refractivity contribution in [2.24, 2.45) is 17.8 Å². The number of aliphatic imine (C=N–C) groups is 1. The average molecular weight is 434 g/mol. The number of nitrogens with one attached hydrogen (secondary N) is 1. The van der Waals surface area contributed by atoms with Crippen LogP contribution < -0.4 is 11.1 Å². The number of fused-ring (bicyclic) bond motifs is 1. The average Bonchev–Trinajstić information content (AvgIpc) is 3.05. The molecule has 0 atom stereocenters. The molecule has 22 heavy (non-hydrogen) atoms. The van der Waals surface area contributed by atoms with Crippen LogP contribution in [0.5, 0.6) is 0 Å². The van der Waals surface area contributed by atoms with Gasteiger partial charge in [-0.2, -0.15) is 0 Å². The number of aryl methyl sites for hydroxylation is 1. The van der Waals surface area contributed by atoms with Gasteiger partial charge in [0.25, 0.3) is 0 Å². The lowest BCUT2D eigenvalue weighted by Gasteiger charge is -2.12. The van der Waals surface area contributed by atoms with Crippen molar-refractivity contribution in [1.82, 2.24) is 14.9 Å². The minimum atomic E-state index is 0. The van der Waals surface area contributed by atoms with Gasteiger partial charge in [-0.05, 0) is 31.0 Å². The quantitative estimate of drug-likeness (QED) is 0.444. The van der Waals surface area contributed by atoms with Crippen molar-refractivity contribution in [3.63, 3.8) is 0 Å². The van der Waals surface area contributed by atoms with Gasteiger partial charge in [-0.25, -0.2) is 9.98 Å². The Bertz CT molecular complexity index is 676. The molecule has 1 aliphatic rings. The first-order valence-corrected chi connectivity index (χ1v) is 7.68. The lowest BCUT2D eigenvalue weighted by molar-refractivity contribution is 0.624. The second-order valence-corrected chi connectivity index (χ2v) is 5.98. The highest BCUT2D eigenvalue weighted by Crippen LogP contribution is 2.20. The Morgan fingerprint density at radius 1 is 1.45 bits per heavy atom. The molecule has 0 unspecified atom stereocenters. The van der Waals surface area contributed by atoms with E-state index in [1.54, 1.807) is 0 Å². The Labute approximate surface area is 152 Å². The Morgan fingerprint density at radius 2 is 2.18 bits per heavy atom. The van der Waals surface area contributed by atoms with E-state index >= 15 is 0 Å². The SMILES string of the molecule is Cn1c(CN=C(N)NC2CCCC2)nc2cc(Cl)ccc21.I. The molecule has 1 heterocycles. The maximum Gasteiger partial charge on any atom is 0.189 e. The number of imidazole rings is 1. The lowest BCUT2D eigenvalue weighted by Crippen LogP contribution is -2.38. The Morgan fingerprint density at radius 3 is 2.91 bits per heavy atom. The Kier molecular flexibility index (Phi) is 5.91. The topological polar surface area (TPSA) is 68.2 Å². The molecule has 1 aromatic carbocycles. The molecule has 1 aliphatic carbocycles. The van der Waals surface area contributed by atoms with Gasteiger partial charge in [-0.15, -0.1) is 24.0 Å². The van der Waals surface area contributed by atoms with E-state index in [2.05, 4.69) is 15.3 Å². The molecule has 0 amide bonds. The van der Waals surface area contributed by atoms with Crippen molar-refractivity contribution < 1.29 is 0 Å². The summed E-state index contributed by atoms with van der Waals surface area (Å²) in [5, 5.41) is 3.97. The van der Waals surface area contributed by atoms with Crippen molar-refractivity contribution in [2.45, 2.75) is 38.3 Å². The number of hydrogen-bond acceptors (Lipinski definition) is 2. The van der Waals surface area contributed by atoms with Crippen molar-refractivity contribution in [2.75, 3.05) is 0 Å². The molecule has 1 aromatic heterocycles. The zero-order valence-corrected chi connectivity index (χ0v) is 15.6. The fourth-order valence-electron chi connectivity index (χ4n) is 2.85. The number of halogens is 2. The molecule has 3 rings (SSSR count). The molecule has 1 fully saturated rings. The number of benzene rings is 1. The third-order valence-corrected chi connectivity index (χ3v) is 4.27. The van der Waals surface area contributed by atoms with Crippen LogP contribution in [0.4, 0.5) is 0 Å². The third kappa shape index (κ3) is 3.84. The summed E-state index contributed by atoms with van der Waals surface area (Å²) >= 11 is 6.00. The van der Waals surface area contributed by atoms with Gasteiger partial charge in [-0.3, -0.25) is 0 Å². The Balaban J connectivity index is 0.00000176. The van der Waals surface area contributed by atoms with E-state index in [0.29, 0.717) is 23.6 Å². The van der Waals surface area contributed by atoms with Gasteiger partial charge in [0.15, 0.2) is 5.96 Å². The van der Waals surface area contributed by atoms with Crippen LogP contribution in [0.2, 0.25) is 5.02 Å². The molecule has 0 spiro atoms. The minimum absolute atomic E-state index is 0. The van der Waals surface area contributed by atoms with E-state index < -0.39 is 0 Å². The van der Waals surface area contributed by atoms with E-state index in [0.717, 1.165) is 16.9 Å². The molecule has 0 bridgehead atoms. The predicted molar refractivity (Wildman–Crippen MR) is 102 cm³/mol. The zero-order chi connectivity index (χ0) is 14.8. The van der Waals surface area contributed by atoms with Crippen LogP contribution in [0.3, 0.4) is 0 Å². The summed E-state index contributed by atoms with van der Waals surface area (Å²) in [6, 6.07) is 6.18. The second-order valence-electron chi connectivity index (χ2n) is 5.55. The lowest BCUT2D eigenvalue weighted by atomic mass is 10.2. The van der Waals surface area contributed by atoms with E-state index in [4.69, 9.17) is 17.3 Å². The van der Waals surface area contributed by atoms with Crippen molar-refractivity contribution in [3.8, 4) is 0 Å². The monoisotopic (exact) mass is 433 g/mol. The number of nitrogens with two attached hydrogens (primary N) is 1. The van der Waals surface area contributed by atoms with Crippen molar-refractivity contribution in [1.29, 1.82) is 0 Å². The van der Waals surface area contributed by atoms with Gasteiger partial charge in [-0.1, -0.05) is 24.4 Å². The molecule has 120 valence electrons. The summed E-state index contributed by atoms with van der Waals surface area (Å²) in [6.45, 7) is 0.467. The van der Waals surface area contributed by atoms with E-state index in [1.807, 2.05) is 29.8 Å². The highest BCUT2D eigenvalue weighted by molar-refractivity contribution is 14.0. The van der Waals surface area contributed by atoms with Crippen LogP contribution >= 0.6 is 35.6 Å². The number of guanidine groups is 1. The van der Waals surface area contributed by atoms with Gasteiger partial charge in [0.1, 0.15) is 12.4 Å². The first kappa shape index (κ1) is 17.3. The molecule has 0 radical (unpaired) electrons. The van der Waals surface area contributed by atoms with E-state index in [9.17, 15) is 0 Å². The van der Waals surface area contributed by atoms with Crippen LogP contribution in [0, 0.1) is 0 Å². The molecule has 7 heteroatoms. The normalized spacial score (nSPS) is 16.0. The molecule has 5 nitrogen and oxygen atoms in total. The highest BCUT2D eigenvalue weighted by Gasteiger charge is 2.15. The van der Waals surface area contributed by atoms with Crippen molar-refractivity contribution in [3.05, 3.63) is 29.0 Å². The minimum Gasteiger partial charge on any atom is -0.370 e. The van der Waals surface area contributed by atoms with Crippen LogP contribution in [0.15, 0.2) is 23.2 Å². The van der Waals surface area contributed by atoms with Gasteiger partial charge in [0, 0.05) is 18.1 Å². The first-order valence-electron chi connectivity index (χ1n) is 7.31. The summed E-state index contributed by atoms with van der Waals surface area (Å²) in [6.07, 6.45) is 4.91. The maximum absolute atomic E-state index is 6.00. The van der Waals surface area contributed by atoms with Crippen LogP contribution in [0.25, 0.3) is 11.0 Å². The smallest absolute Gasteiger partial charge is 0.189 e. The third-order valence-electron chi connectivity index (χ3n) is 4.03. The molecule has 1 saturated carbocycles. The van der Waals surface area contributed by atoms with Gasteiger partial charge in [0.05, 0.1) is 11.0 Å². The summed E-state index contributed by atoms with van der Waals surface area (Å²) in [5.74, 6) is 1.38. The summed E-state index contributed by atoms with van der Waals surface area (Å²) < 4.78 is 2.03. The molecule has 0 saturated heterocycles. The molecule has 0 aliphatic heterocycles. The molecule has 3 N–H and O–H groups in total. The largest absolute Gasteiger partial charge is 0.370 e. The molecule has 2 aromatic rings. The van der Waals surface area contributed by atoms with Gasteiger partial charge < -0.3 is 15.6 Å². The number of nitrogens with zero attached hydrogens (tertiary/aromatic N) is 3. The summed E-state index contributed by atoms with van der Waals surface area (Å²) in [7, 11) is 1.98. The van der Waals surface area contributed by atoms with Crippen LogP contribution in [-0.2, 0) is 13.6 Å². The van der Waals surface area contributed by atoms with Gasteiger partial charge >= 0.3 is 0 Å². The van der Waals surface area contributed by atoms with E-state index in [1.165, 1.54) is 25.7 Å².